The van der Waals surface area contributed by atoms with Crippen LogP contribution < -0.4 is 5.32 Å². The first kappa shape index (κ1) is 12.6. The molecule has 1 heteroatoms. The fraction of sp³-hybridized carbons (Fsp3) is 0.176. The zero-order chi connectivity index (χ0) is 12.8. The van der Waals surface area contributed by atoms with Gasteiger partial charge in [-0.15, -0.1) is 0 Å². The van der Waals surface area contributed by atoms with Gasteiger partial charge >= 0.3 is 0 Å². The molecule has 2 rings (SSSR count). The molecule has 0 spiro atoms. The van der Waals surface area contributed by atoms with Crippen LogP contribution in [-0.4, -0.2) is 6.54 Å². The van der Waals surface area contributed by atoms with E-state index in [-0.39, 0.29) is 0 Å². The van der Waals surface area contributed by atoms with Crippen molar-refractivity contribution in [3.8, 4) is 0 Å². The quantitative estimate of drug-likeness (QED) is 0.827. The Labute approximate surface area is 109 Å². The molecular formula is C17H19N. The largest absolute Gasteiger partial charge is 0.306 e. The molecule has 0 bridgehead atoms. The predicted octanol–water partition coefficient (Wildman–Crippen LogP) is 4.05. The van der Waals surface area contributed by atoms with Crippen molar-refractivity contribution >= 4 is 5.57 Å². The van der Waals surface area contributed by atoms with Gasteiger partial charge in [-0.1, -0.05) is 67.2 Å². The molecule has 92 valence electrons. The molecule has 0 aliphatic heterocycles. The maximum absolute atomic E-state index is 4.13. The molecule has 1 N–H and O–H groups in total. The van der Waals surface area contributed by atoms with Crippen molar-refractivity contribution in [2.75, 3.05) is 6.54 Å². The molecule has 1 atom stereocenters. The lowest BCUT2D eigenvalue weighted by Crippen LogP contribution is -2.20. The lowest BCUT2D eigenvalue weighted by molar-refractivity contribution is 0.622. The smallest absolute Gasteiger partial charge is 0.0294 e. The summed E-state index contributed by atoms with van der Waals surface area (Å²) in [7, 11) is 0. The van der Waals surface area contributed by atoms with Crippen molar-refractivity contribution in [1.82, 2.24) is 5.32 Å². The fourth-order valence-electron chi connectivity index (χ4n) is 1.91. The zero-order valence-electron chi connectivity index (χ0n) is 10.8. The molecule has 0 unspecified atom stereocenters. The van der Waals surface area contributed by atoms with Crippen LogP contribution in [0.5, 0.6) is 0 Å². The van der Waals surface area contributed by atoms with E-state index in [0.717, 1.165) is 12.1 Å². The van der Waals surface area contributed by atoms with Gasteiger partial charge < -0.3 is 5.32 Å². The number of nitrogens with one attached hydrogen (secondary N) is 1. The highest BCUT2D eigenvalue weighted by Gasteiger charge is 2.04. The van der Waals surface area contributed by atoms with E-state index in [1.54, 1.807) is 0 Å². The first-order chi connectivity index (χ1) is 8.77. The van der Waals surface area contributed by atoms with E-state index >= 15 is 0 Å². The minimum atomic E-state index is 0.340. The second-order valence-electron chi connectivity index (χ2n) is 4.48. The topological polar surface area (TPSA) is 12.0 Å². The standard InChI is InChI=1S/C17H19N/c1-14(16-9-5-3-6-10-16)13-18-15(2)17-11-7-4-8-12-17/h3-12,15,18H,1,13H2,2H3/t15-/m1/s1. The Hall–Kier alpha value is -1.86. The molecule has 0 radical (unpaired) electrons. The van der Waals surface area contributed by atoms with E-state index in [0.29, 0.717) is 6.04 Å². The van der Waals surface area contributed by atoms with Crippen LogP contribution in [0.15, 0.2) is 67.2 Å². The van der Waals surface area contributed by atoms with Gasteiger partial charge in [-0.05, 0) is 23.6 Å². The minimum absolute atomic E-state index is 0.340. The van der Waals surface area contributed by atoms with Crippen LogP contribution in [0.25, 0.3) is 5.57 Å². The molecule has 18 heavy (non-hydrogen) atoms. The maximum atomic E-state index is 4.13. The predicted molar refractivity (Wildman–Crippen MR) is 78.3 cm³/mol. The van der Waals surface area contributed by atoms with Gasteiger partial charge in [-0.3, -0.25) is 0 Å². The summed E-state index contributed by atoms with van der Waals surface area (Å²) < 4.78 is 0. The lowest BCUT2D eigenvalue weighted by Gasteiger charge is -2.15. The highest BCUT2D eigenvalue weighted by molar-refractivity contribution is 5.64. The summed E-state index contributed by atoms with van der Waals surface area (Å²) in [5.41, 5.74) is 3.63. The molecule has 0 saturated carbocycles. The van der Waals surface area contributed by atoms with E-state index in [1.165, 1.54) is 11.1 Å². The summed E-state index contributed by atoms with van der Waals surface area (Å²) in [6.07, 6.45) is 0. The van der Waals surface area contributed by atoms with E-state index < -0.39 is 0 Å². The molecule has 0 saturated heterocycles. The Bertz CT molecular complexity index is 488. The first-order valence-electron chi connectivity index (χ1n) is 6.29. The van der Waals surface area contributed by atoms with Crippen molar-refractivity contribution in [2.45, 2.75) is 13.0 Å². The molecule has 2 aromatic rings. The first-order valence-corrected chi connectivity index (χ1v) is 6.29. The van der Waals surface area contributed by atoms with Crippen LogP contribution in [0.3, 0.4) is 0 Å². The van der Waals surface area contributed by atoms with E-state index in [2.05, 4.69) is 55.2 Å². The number of hydrogen-bond acceptors (Lipinski definition) is 1. The van der Waals surface area contributed by atoms with Crippen LogP contribution in [-0.2, 0) is 0 Å². The number of hydrogen-bond donors (Lipinski definition) is 1. The minimum Gasteiger partial charge on any atom is -0.306 e. The monoisotopic (exact) mass is 237 g/mol. The summed E-state index contributed by atoms with van der Waals surface area (Å²) >= 11 is 0. The fourth-order valence-corrected chi connectivity index (χ4v) is 1.91. The van der Waals surface area contributed by atoms with Crippen LogP contribution in [0.2, 0.25) is 0 Å². The Morgan fingerprint density at radius 1 is 1.00 bits per heavy atom. The average molecular weight is 237 g/mol. The highest BCUT2D eigenvalue weighted by Crippen LogP contribution is 2.14. The van der Waals surface area contributed by atoms with Crippen LogP contribution in [0.1, 0.15) is 24.1 Å². The Kier molecular flexibility index (Phi) is 4.32. The van der Waals surface area contributed by atoms with Crippen LogP contribution in [0.4, 0.5) is 0 Å². The maximum Gasteiger partial charge on any atom is 0.0294 e. The Morgan fingerprint density at radius 2 is 1.56 bits per heavy atom. The van der Waals surface area contributed by atoms with E-state index in [1.807, 2.05) is 24.3 Å². The summed E-state index contributed by atoms with van der Waals surface area (Å²) in [6.45, 7) is 7.11. The van der Waals surface area contributed by atoms with Crippen LogP contribution in [0, 0.1) is 0 Å². The SMILES string of the molecule is C=C(CN[C@H](C)c1ccccc1)c1ccccc1. The van der Waals surface area contributed by atoms with Gasteiger partial charge in [0, 0.05) is 12.6 Å². The Balaban J connectivity index is 1.91. The van der Waals surface area contributed by atoms with Gasteiger partial charge in [0.1, 0.15) is 0 Å². The molecule has 0 heterocycles. The van der Waals surface area contributed by atoms with Crippen molar-refractivity contribution in [3.05, 3.63) is 78.4 Å². The number of rotatable bonds is 5. The highest BCUT2D eigenvalue weighted by atomic mass is 14.9. The number of benzene rings is 2. The third kappa shape index (κ3) is 3.31. The molecule has 0 aliphatic carbocycles. The third-order valence-corrected chi connectivity index (χ3v) is 3.10. The van der Waals surface area contributed by atoms with E-state index in [9.17, 15) is 0 Å². The van der Waals surface area contributed by atoms with Gasteiger partial charge in [-0.25, -0.2) is 0 Å². The van der Waals surface area contributed by atoms with Gasteiger partial charge in [0.05, 0.1) is 0 Å². The van der Waals surface area contributed by atoms with Gasteiger partial charge in [0.15, 0.2) is 0 Å². The van der Waals surface area contributed by atoms with Gasteiger partial charge in [-0.2, -0.15) is 0 Å². The molecule has 2 aromatic carbocycles. The average Bonchev–Trinajstić information content (AvgIpc) is 2.46. The molecule has 0 amide bonds. The molecule has 1 nitrogen and oxygen atoms in total. The van der Waals surface area contributed by atoms with Gasteiger partial charge in [0.25, 0.3) is 0 Å². The zero-order valence-corrected chi connectivity index (χ0v) is 10.8. The molecule has 0 fully saturated rings. The summed E-state index contributed by atoms with van der Waals surface area (Å²) in [6, 6.07) is 21.1. The summed E-state index contributed by atoms with van der Waals surface area (Å²) in [4.78, 5) is 0. The normalized spacial score (nSPS) is 12.1. The molecule has 0 aromatic heterocycles. The van der Waals surface area contributed by atoms with Crippen LogP contribution >= 0.6 is 0 Å². The van der Waals surface area contributed by atoms with E-state index in [4.69, 9.17) is 0 Å². The second-order valence-corrected chi connectivity index (χ2v) is 4.48. The third-order valence-electron chi connectivity index (χ3n) is 3.10. The van der Waals surface area contributed by atoms with Crippen molar-refractivity contribution < 1.29 is 0 Å². The lowest BCUT2D eigenvalue weighted by atomic mass is 10.1. The van der Waals surface area contributed by atoms with Crippen molar-refractivity contribution in [3.63, 3.8) is 0 Å². The summed E-state index contributed by atoms with van der Waals surface area (Å²) in [5, 5.41) is 3.50. The molecular weight excluding hydrogens is 218 g/mol. The summed E-state index contributed by atoms with van der Waals surface area (Å²) in [5.74, 6) is 0. The molecule has 0 aliphatic rings. The van der Waals surface area contributed by atoms with Crippen molar-refractivity contribution in [2.24, 2.45) is 0 Å². The second kappa shape index (κ2) is 6.18. The van der Waals surface area contributed by atoms with Crippen molar-refractivity contribution in [1.29, 1.82) is 0 Å². The Morgan fingerprint density at radius 3 is 2.17 bits per heavy atom. The van der Waals surface area contributed by atoms with Gasteiger partial charge in [0.2, 0.25) is 0 Å².